The highest BCUT2D eigenvalue weighted by Gasteiger charge is 2.62. The average molecular weight is 1140 g/mol. The number of hydrogen-bond acceptors (Lipinski definition) is 4. The summed E-state index contributed by atoms with van der Waals surface area (Å²) in [6.45, 7) is 28.2. The zero-order valence-corrected chi connectivity index (χ0v) is 54.3. The summed E-state index contributed by atoms with van der Waals surface area (Å²) in [7, 11) is -3.11. The van der Waals surface area contributed by atoms with Crippen LogP contribution in [0.5, 0.6) is 0 Å². The second kappa shape index (κ2) is 20.3. The highest BCUT2D eigenvalue weighted by atomic mass is 28.3. The minimum absolute atomic E-state index is 0.0611. The Hall–Kier alpha value is -6.61. The number of benzene rings is 8. The van der Waals surface area contributed by atoms with E-state index >= 15 is 0 Å². The molecule has 4 saturated carbocycles. The SMILES string of the molecule is CC[Si](CC)(CC)c1ccc(N(c2ccc(C(C)(C)C)cc2)c2ccc3c(c2)oc2cc4c(cc23)C2(c3c-4ccc4oc5cc(N(c6ccc(C(C)(C)C)cc6)c6ccc([Si](CC)(CC)CC)cc6)ccc5c34)C3CC4CC(C3)CC2C4)cc1. The molecule has 2 heterocycles. The first-order valence-electron chi connectivity index (χ1n) is 32.5. The van der Waals surface area contributed by atoms with Crippen LogP contribution in [0.1, 0.15) is 137 Å². The number of anilines is 6. The molecule has 0 amide bonds. The first-order chi connectivity index (χ1) is 40.5. The monoisotopic (exact) mass is 1140 g/mol. The summed E-state index contributed by atoms with van der Waals surface area (Å²) >= 11 is 0. The van der Waals surface area contributed by atoms with E-state index in [4.69, 9.17) is 8.83 Å². The molecule has 15 rings (SSSR count). The standard InChI is InChI=1S/C78H88N2O2Si2/c1-13-83(14-2,15-3)62-33-27-58(28-34-62)79(56-23-19-52(20-24-56)76(7,8)9)60-31-37-64-68-48-69-67(49-73(68)82-71(64)46-60)65-39-40-70-74(75(65)78(69)54-42-50-41-51(44-54)45-55(78)43-50)66-38-32-61(47-72(66)81-70)80(57-25-21-53(22-26-57)77(10,11)12)59-29-35-63(36-30-59)84(16-4,17-5)18-6/h19-40,46-51,54-55H,13-18,41-45H2,1-12H3. The quantitative estimate of drug-likeness (QED) is 0.102. The fourth-order valence-corrected chi connectivity index (χ4v) is 25.0. The molecule has 1 spiro atoms. The number of hydrogen-bond donors (Lipinski definition) is 0. The molecule has 6 heteroatoms. The van der Waals surface area contributed by atoms with E-state index in [1.54, 1.807) is 10.4 Å². The van der Waals surface area contributed by atoms with Crippen LogP contribution < -0.4 is 20.2 Å². The van der Waals surface area contributed by atoms with E-state index in [9.17, 15) is 0 Å². The molecule has 0 unspecified atom stereocenters. The Balaban J connectivity index is 0.906. The Kier molecular flexibility index (Phi) is 13.3. The molecule has 5 aliphatic carbocycles. The first-order valence-corrected chi connectivity index (χ1v) is 37.8. The van der Waals surface area contributed by atoms with Gasteiger partial charge in [-0.25, -0.2) is 0 Å². The predicted octanol–water partition coefficient (Wildman–Crippen LogP) is 22.2. The van der Waals surface area contributed by atoms with Crippen LogP contribution in [0.25, 0.3) is 55.0 Å². The Morgan fingerprint density at radius 2 is 0.786 bits per heavy atom. The van der Waals surface area contributed by atoms with Crippen LogP contribution in [-0.4, -0.2) is 16.1 Å². The van der Waals surface area contributed by atoms with Crippen LogP contribution in [0, 0.1) is 23.7 Å². The van der Waals surface area contributed by atoms with Crippen molar-refractivity contribution >= 4 is 105 Å². The van der Waals surface area contributed by atoms with Crippen LogP contribution >= 0.6 is 0 Å². The van der Waals surface area contributed by atoms with Gasteiger partial charge < -0.3 is 18.6 Å². The molecule has 10 aromatic rings. The molecular weight excluding hydrogens is 1050 g/mol. The summed E-state index contributed by atoms with van der Waals surface area (Å²) in [4.78, 5) is 4.89. The van der Waals surface area contributed by atoms with Gasteiger partial charge in [0.1, 0.15) is 22.3 Å². The molecule has 430 valence electrons. The van der Waals surface area contributed by atoms with Gasteiger partial charge in [0.05, 0.1) is 16.1 Å². The molecule has 4 bridgehead atoms. The van der Waals surface area contributed by atoms with E-state index in [-0.39, 0.29) is 16.2 Å². The lowest BCUT2D eigenvalue weighted by Crippen LogP contribution is -2.55. The minimum Gasteiger partial charge on any atom is -0.456 e. The highest BCUT2D eigenvalue weighted by molar-refractivity contribution is 6.92. The van der Waals surface area contributed by atoms with Gasteiger partial charge in [0, 0.05) is 73.2 Å². The van der Waals surface area contributed by atoms with E-state index in [1.165, 1.54) is 135 Å². The Morgan fingerprint density at radius 3 is 1.23 bits per heavy atom. The van der Waals surface area contributed by atoms with Crippen molar-refractivity contribution in [2.45, 2.75) is 168 Å². The Morgan fingerprint density at radius 1 is 0.393 bits per heavy atom. The molecular formula is C78H88N2O2Si2. The molecule has 0 saturated heterocycles. The second-order valence-electron chi connectivity index (χ2n) is 28.5. The van der Waals surface area contributed by atoms with Gasteiger partial charge >= 0.3 is 0 Å². The molecule has 0 aliphatic heterocycles. The predicted molar refractivity (Wildman–Crippen MR) is 365 cm³/mol. The van der Waals surface area contributed by atoms with Gasteiger partial charge in [-0.1, -0.05) is 184 Å². The second-order valence-corrected chi connectivity index (χ2v) is 39.1. The van der Waals surface area contributed by atoms with Crippen molar-refractivity contribution in [3.05, 3.63) is 180 Å². The molecule has 84 heavy (non-hydrogen) atoms. The molecule has 2 aromatic heterocycles. The van der Waals surface area contributed by atoms with E-state index in [0.29, 0.717) is 11.8 Å². The van der Waals surface area contributed by atoms with E-state index in [2.05, 4.69) is 251 Å². The molecule has 8 aromatic carbocycles. The third-order valence-corrected chi connectivity index (χ3v) is 34.1. The fourth-order valence-electron chi connectivity index (χ4n) is 17.8. The van der Waals surface area contributed by atoms with Crippen molar-refractivity contribution in [3.63, 3.8) is 0 Å². The van der Waals surface area contributed by atoms with Crippen molar-refractivity contribution < 1.29 is 8.83 Å². The van der Waals surface area contributed by atoms with Crippen LogP contribution in [0.2, 0.25) is 36.3 Å². The number of nitrogens with zero attached hydrogens (tertiary/aromatic N) is 2. The largest absolute Gasteiger partial charge is 0.456 e. The Bertz CT molecular complexity index is 4080. The minimum atomic E-state index is -1.56. The highest BCUT2D eigenvalue weighted by Crippen LogP contribution is 2.71. The van der Waals surface area contributed by atoms with Gasteiger partial charge in [0.25, 0.3) is 0 Å². The number of rotatable bonds is 14. The van der Waals surface area contributed by atoms with E-state index in [1.807, 2.05) is 0 Å². The van der Waals surface area contributed by atoms with Crippen LogP contribution in [0.3, 0.4) is 0 Å². The third-order valence-electron chi connectivity index (χ3n) is 22.8. The zero-order chi connectivity index (χ0) is 58.2. The smallest absolute Gasteiger partial charge is 0.137 e. The molecule has 0 atom stereocenters. The Labute approximate surface area is 502 Å². The van der Waals surface area contributed by atoms with Crippen LogP contribution in [0.15, 0.2) is 167 Å². The molecule has 0 radical (unpaired) electrons. The van der Waals surface area contributed by atoms with E-state index < -0.39 is 16.1 Å². The first kappa shape index (κ1) is 55.3. The van der Waals surface area contributed by atoms with Gasteiger partial charge in [0.15, 0.2) is 0 Å². The van der Waals surface area contributed by atoms with Crippen molar-refractivity contribution in [1.82, 2.24) is 0 Å². The topological polar surface area (TPSA) is 32.8 Å². The summed E-state index contributed by atoms with van der Waals surface area (Å²) in [5.74, 6) is 2.82. The summed E-state index contributed by atoms with van der Waals surface area (Å²) in [5.41, 5.74) is 19.3. The van der Waals surface area contributed by atoms with Crippen LogP contribution in [-0.2, 0) is 16.2 Å². The lowest BCUT2D eigenvalue weighted by Gasteiger charge is -2.61. The molecule has 5 aliphatic rings. The zero-order valence-electron chi connectivity index (χ0n) is 52.3. The van der Waals surface area contributed by atoms with Gasteiger partial charge in [-0.3, -0.25) is 0 Å². The van der Waals surface area contributed by atoms with Crippen molar-refractivity contribution in [2.75, 3.05) is 9.80 Å². The summed E-state index contributed by atoms with van der Waals surface area (Å²) < 4.78 is 14.4. The van der Waals surface area contributed by atoms with Crippen molar-refractivity contribution in [2.24, 2.45) is 23.7 Å². The van der Waals surface area contributed by atoms with Gasteiger partial charge in [-0.05, 0) is 191 Å². The van der Waals surface area contributed by atoms with E-state index in [0.717, 1.165) is 56.9 Å². The lowest BCUT2D eigenvalue weighted by molar-refractivity contribution is -0.0393. The maximum Gasteiger partial charge on any atom is 0.137 e. The summed E-state index contributed by atoms with van der Waals surface area (Å²) in [6.07, 6.45) is 6.64. The average Bonchev–Trinajstić information content (AvgIpc) is 1.48. The normalized spacial score (nSPS) is 20.2. The maximum atomic E-state index is 7.23. The lowest BCUT2D eigenvalue weighted by atomic mass is 9.43. The third kappa shape index (κ3) is 8.44. The fraction of sp³-hybridized carbons (Fsp3) is 0.385. The summed E-state index contributed by atoms with van der Waals surface area (Å²) in [6, 6.07) is 69.4. The van der Waals surface area contributed by atoms with Crippen LogP contribution in [0.4, 0.5) is 34.1 Å². The maximum absolute atomic E-state index is 7.23. The van der Waals surface area contributed by atoms with Gasteiger partial charge in [-0.2, -0.15) is 0 Å². The molecule has 4 nitrogen and oxygen atoms in total. The van der Waals surface area contributed by atoms with Crippen molar-refractivity contribution in [3.8, 4) is 11.1 Å². The number of fused-ring (bicyclic) bond motifs is 10. The number of furan rings is 2. The summed E-state index contributed by atoms with van der Waals surface area (Å²) in [5, 5.41) is 8.11. The van der Waals surface area contributed by atoms with Gasteiger partial charge in [0.2, 0.25) is 0 Å². The molecule has 0 N–H and O–H groups in total. The van der Waals surface area contributed by atoms with Gasteiger partial charge in [-0.15, -0.1) is 0 Å². The molecule has 4 fully saturated rings. The van der Waals surface area contributed by atoms with Crippen molar-refractivity contribution in [1.29, 1.82) is 0 Å².